The molecule has 1 saturated carbocycles. The molecular formula is C22H35N3O4. The fourth-order valence-electron chi connectivity index (χ4n) is 3.97. The first-order valence-corrected chi connectivity index (χ1v) is 10.6. The van der Waals surface area contributed by atoms with Crippen LogP contribution in [0.15, 0.2) is 30.3 Å². The third-order valence-corrected chi connectivity index (χ3v) is 5.64. The Hall–Kier alpha value is -2.28. The molecule has 2 fully saturated rings. The molecule has 1 aliphatic heterocycles. The molecule has 0 spiro atoms. The maximum atomic E-state index is 11.4. The van der Waals surface area contributed by atoms with Crippen LogP contribution in [0.25, 0.3) is 0 Å². The summed E-state index contributed by atoms with van der Waals surface area (Å²) in [6, 6.07) is 10.8. The molecule has 1 aromatic rings. The molecule has 1 heterocycles. The van der Waals surface area contributed by atoms with E-state index < -0.39 is 6.09 Å². The Labute approximate surface area is 173 Å². The number of nitrogens with two attached hydrogens (primary N) is 1. The second-order valence-electron chi connectivity index (χ2n) is 7.69. The van der Waals surface area contributed by atoms with Crippen LogP contribution in [-0.2, 0) is 9.47 Å². The van der Waals surface area contributed by atoms with E-state index in [-0.39, 0.29) is 11.9 Å². The third-order valence-electron chi connectivity index (χ3n) is 5.64. The molecule has 3 N–H and O–H groups in total. The Morgan fingerprint density at radius 3 is 2.41 bits per heavy atom. The van der Waals surface area contributed by atoms with Gasteiger partial charge in [0.15, 0.2) is 0 Å². The highest BCUT2D eigenvalue weighted by atomic mass is 16.5. The van der Waals surface area contributed by atoms with E-state index in [0.29, 0.717) is 32.3 Å². The average molecular weight is 406 g/mol. The van der Waals surface area contributed by atoms with Crippen LogP contribution >= 0.6 is 0 Å². The highest BCUT2D eigenvalue weighted by Crippen LogP contribution is 2.33. The lowest BCUT2D eigenvalue weighted by Gasteiger charge is -2.27. The molecule has 3 amide bonds. The summed E-state index contributed by atoms with van der Waals surface area (Å²) in [4.78, 5) is 23.5. The van der Waals surface area contributed by atoms with Gasteiger partial charge in [-0.3, -0.25) is 0 Å². The summed E-state index contributed by atoms with van der Waals surface area (Å²) in [7, 11) is 1.83. The minimum Gasteiger partial charge on any atom is -0.449 e. The summed E-state index contributed by atoms with van der Waals surface area (Å²) < 4.78 is 10.1. The molecule has 1 aliphatic carbocycles. The zero-order valence-corrected chi connectivity index (χ0v) is 17.6. The molecule has 2 aliphatic rings. The number of amides is 3. The Morgan fingerprint density at radius 1 is 1.14 bits per heavy atom. The van der Waals surface area contributed by atoms with Crippen molar-refractivity contribution >= 4 is 12.1 Å². The second kappa shape index (κ2) is 12.3. The van der Waals surface area contributed by atoms with Crippen LogP contribution in [0.2, 0.25) is 0 Å². The number of primary amides is 1. The van der Waals surface area contributed by atoms with Gasteiger partial charge in [-0.05, 0) is 50.5 Å². The third kappa shape index (κ3) is 7.93. The predicted octanol–water partition coefficient (Wildman–Crippen LogP) is 3.49. The number of hydrogen-bond donors (Lipinski definition) is 2. The molecule has 1 atom stereocenters. The van der Waals surface area contributed by atoms with Crippen LogP contribution in [0, 0.1) is 5.92 Å². The van der Waals surface area contributed by atoms with Crippen LogP contribution < -0.4 is 11.1 Å². The van der Waals surface area contributed by atoms with Crippen LogP contribution in [0.5, 0.6) is 0 Å². The summed E-state index contributed by atoms with van der Waals surface area (Å²) in [5.41, 5.74) is 6.36. The number of hydrogen-bond acceptors (Lipinski definition) is 4. The summed E-state index contributed by atoms with van der Waals surface area (Å²) >= 11 is 0. The summed E-state index contributed by atoms with van der Waals surface area (Å²) in [6.07, 6.45) is 5.60. The number of carbonyl (C=O) groups excluding carboxylic acids is 2. The molecule has 1 unspecified atom stereocenters. The van der Waals surface area contributed by atoms with Crippen molar-refractivity contribution in [2.24, 2.45) is 11.7 Å². The molecular weight excluding hydrogens is 370 g/mol. The summed E-state index contributed by atoms with van der Waals surface area (Å²) in [5, 5.41) is 2.73. The van der Waals surface area contributed by atoms with Gasteiger partial charge in [-0.15, -0.1) is 0 Å². The second-order valence-corrected chi connectivity index (χ2v) is 7.69. The van der Waals surface area contributed by atoms with Crippen molar-refractivity contribution in [2.75, 3.05) is 33.4 Å². The first-order valence-electron chi connectivity index (χ1n) is 10.6. The Balaban J connectivity index is 0.000000207. The smallest absolute Gasteiger partial charge is 0.404 e. The van der Waals surface area contributed by atoms with Crippen molar-refractivity contribution in [3.05, 3.63) is 35.9 Å². The van der Waals surface area contributed by atoms with Crippen molar-refractivity contribution in [1.29, 1.82) is 0 Å². The zero-order valence-electron chi connectivity index (χ0n) is 17.6. The van der Waals surface area contributed by atoms with Gasteiger partial charge in [0.05, 0.1) is 12.7 Å². The van der Waals surface area contributed by atoms with Crippen LogP contribution in [-0.4, -0.2) is 56.5 Å². The van der Waals surface area contributed by atoms with Crippen molar-refractivity contribution < 1.29 is 19.1 Å². The molecule has 3 rings (SSSR count). The molecule has 162 valence electrons. The number of urea groups is 1. The predicted molar refractivity (Wildman–Crippen MR) is 113 cm³/mol. The number of nitrogens with zero attached hydrogens (tertiary/aromatic N) is 1. The van der Waals surface area contributed by atoms with Gasteiger partial charge >= 0.3 is 12.1 Å². The van der Waals surface area contributed by atoms with E-state index >= 15 is 0 Å². The van der Waals surface area contributed by atoms with Crippen molar-refractivity contribution in [2.45, 2.75) is 51.0 Å². The topological polar surface area (TPSA) is 93.9 Å². The number of likely N-dealkylation sites (tertiary alicyclic amines) is 1. The summed E-state index contributed by atoms with van der Waals surface area (Å²) in [6.45, 7) is 4.13. The van der Waals surface area contributed by atoms with E-state index in [1.807, 2.05) is 14.0 Å². The first-order chi connectivity index (χ1) is 14.0. The van der Waals surface area contributed by atoms with Gasteiger partial charge in [-0.1, -0.05) is 30.3 Å². The lowest BCUT2D eigenvalue weighted by molar-refractivity contribution is 0.0659. The van der Waals surface area contributed by atoms with E-state index in [9.17, 15) is 9.59 Å². The average Bonchev–Trinajstić information content (AvgIpc) is 3.23. The van der Waals surface area contributed by atoms with Gasteiger partial charge in [0, 0.05) is 32.7 Å². The first kappa shape index (κ1) is 23.0. The number of carbonyl (C=O) groups is 2. The van der Waals surface area contributed by atoms with E-state index in [0.717, 1.165) is 12.3 Å². The van der Waals surface area contributed by atoms with Crippen LogP contribution in [0.4, 0.5) is 9.59 Å². The molecule has 0 aromatic heterocycles. The maximum Gasteiger partial charge on any atom is 0.404 e. The van der Waals surface area contributed by atoms with Gasteiger partial charge in [-0.2, -0.15) is 0 Å². The Kier molecular flexibility index (Phi) is 9.77. The van der Waals surface area contributed by atoms with Gasteiger partial charge in [0.25, 0.3) is 0 Å². The quantitative estimate of drug-likeness (QED) is 0.784. The maximum absolute atomic E-state index is 11.4. The van der Waals surface area contributed by atoms with Crippen LogP contribution in [0.1, 0.15) is 50.5 Å². The van der Waals surface area contributed by atoms with E-state index in [1.54, 1.807) is 4.90 Å². The SMILES string of the molecule is CCNC(=O)N1CCC(COC(N)=O)C1.COC1CCC(c2ccccc2)CC1. The number of rotatable bonds is 5. The monoisotopic (exact) mass is 405 g/mol. The van der Waals surface area contributed by atoms with Crippen molar-refractivity contribution in [3.8, 4) is 0 Å². The molecule has 7 nitrogen and oxygen atoms in total. The van der Waals surface area contributed by atoms with E-state index in [2.05, 4.69) is 35.6 Å². The minimum atomic E-state index is -0.758. The summed E-state index contributed by atoms with van der Waals surface area (Å²) in [5.74, 6) is 0.975. The normalized spacial score (nSPS) is 23.7. The molecule has 29 heavy (non-hydrogen) atoms. The number of methoxy groups -OCH3 is 1. The largest absolute Gasteiger partial charge is 0.449 e. The molecule has 0 bridgehead atoms. The standard InChI is InChI=1S/C13H18O.C9H17N3O3/c1-14-13-9-7-12(8-10-13)11-5-3-2-4-6-11;1-2-11-9(14)12-4-3-7(5-12)6-15-8(10)13/h2-6,12-13H,7-10H2,1H3;7H,2-6H2,1H3,(H2,10,13)(H,11,14). The molecule has 1 saturated heterocycles. The van der Waals surface area contributed by atoms with Crippen LogP contribution in [0.3, 0.4) is 0 Å². The van der Waals surface area contributed by atoms with Gasteiger partial charge in [0.1, 0.15) is 0 Å². The van der Waals surface area contributed by atoms with E-state index in [4.69, 9.17) is 15.2 Å². The Morgan fingerprint density at radius 2 is 1.83 bits per heavy atom. The fourth-order valence-corrected chi connectivity index (χ4v) is 3.97. The van der Waals surface area contributed by atoms with Gasteiger partial charge in [-0.25, -0.2) is 9.59 Å². The fraction of sp³-hybridized carbons (Fsp3) is 0.636. The van der Waals surface area contributed by atoms with Crippen molar-refractivity contribution in [3.63, 3.8) is 0 Å². The van der Waals surface area contributed by atoms with Gasteiger partial charge < -0.3 is 25.4 Å². The number of ether oxygens (including phenoxy) is 2. The molecule has 0 radical (unpaired) electrons. The highest BCUT2D eigenvalue weighted by molar-refractivity contribution is 5.74. The molecule has 1 aromatic carbocycles. The number of benzene rings is 1. The number of nitrogens with one attached hydrogen (secondary N) is 1. The lowest BCUT2D eigenvalue weighted by atomic mass is 9.83. The van der Waals surface area contributed by atoms with Gasteiger partial charge in [0.2, 0.25) is 0 Å². The lowest BCUT2D eigenvalue weighted by Crippen LogP contribution is -2.38. The zero-order chi connectivity index (χ0) is 21.1. The highest BCUT2D eigenvalue weighted by Gasteiger charge is 2.26. The van der Waals surface area contributed by atoms with Crippen molar-refractivity contribution in [1.82, 2.24) is 10.2 Å². The minimum absolute atomic E-state index is 0.0564. The van der Waals surface area contributed by atoms with E-state index in [1.165, 1.54) is 31.2 Å². The molecule has 7 heteroatoms. The Bertz CT molecular complexity index is 618.